The van der Waals surface area contributed by atoms with E-state index in [1.54, 1.807) is 10.9 Å². The highest BCUT2D eigenvalue weighted by Crippen LogP contribution is 2.07. The smallest absolute Gasteiger partial charge is 0.273 e. The van der Waals surface area contributed by atoms with Crippen LogP contribution in [0.25, 0.3) is 5.69 Å². The van der Waals surface area contributed by atoms with E-state index < -0.39 is 5.54 Å². The van der Waals surface area contributed by atoms with Gasteiger partial charge in [-0.15, -0.1) is 5.10 Å². The first-order chi connectivity index (χ1) is 9.02. The Labute approximate surface area is 111 Å². The minimum atomic E-state index is -0.465. The van der Waals surface area contributed by atoms with E-state index in [2.05, 4.69) is 15.6 Å². The predicted octanol–water partition coefficient (Wildman–Crippen LogP) is 0.734. The molecule has 0 aliphatic carbocycles. The quantitative estimate of drug-likeness (QED) is 0.847. The van der Waals surface area contributed by atoms with Crippen LogP contribution in [0.5, 0.6) is 0 Å². The SMILES string of the molecule is CC(C)(CN)NC(=O)c1cn(-c2ccccc2)nn1. The second-order valence-corrected chi connectivity index (χ2v) is 4.93. The first-order valence-corrected chi connectivity index (χ1v) is 6.02. The van der Waals surface area contributed by atoms with Gasteiger partial charge in [0.2, 0.25) is 0 Å². The maximum absolute atomic E-state index is 12.0. The molecule has 1 heterocycles. The third kappa shape index (κ3) is 3.17. The number of nitrogens with zero attached hydrogens (tertiary/aromatic N) is 3. The Morgan fingerprint density at radius 2 is 2.05 bits per heavy atom. The first kappa shape index (κ1) is 13.2. The van der Waals surface area contributed by atoms with Crippen LogP contribution in [0.4, 0.5) is 0 Å². The van der Waals surface area contributed by atoms with E-state index in [1.807, 2.05) is 44.2 Å². The Kier molecular flexibility index (Phi) is 3.62. The molecule has 6 heteroatoms. The van der Waals surface area contributed by atoms with Crippen molar-refractivity contribution in [1.29, 1.82) is 0 Å². The van der Waals surface area contributed by atoms with Gasteiger partial charge in [0.25, 0.3) is 5.91 Å². The lowest BCUT2D eigenvalue weighted by molar-refractivity contribution is 0.0910. The molecule has 0 saturated heterocycles. The molecule has 0 radical (unpaired) electrons. The van der Waals surface area contributed by atoms with Crippen LogP contribution < -0.4 is 11.1 Å². The molecular weight excluding hydrogens is 242 g/mol. The van der Waals surface area contributed by atoms with Crippen LogP contribution >= 0.6 is 0 Å². The zero-order valence-corrected chi connectivity index (χ0v) is 11.0. The summed E-state index contributed by atoms with van der Waals surface area (Å²) in [6.45, 7) is 4.06. The van der Waals surface area contributed by atoms with E-state index in [-0.39, 0.29) is 11.6 Å². The molecule has 0 fully saturated rings. The summed E-state index contributed by atoms with van der Waals surface area (Å²) in [5, 5.41) is 10.6. The highest BCUT2D eigenvalue weighted by atomic mass is 16.2. The van der Waals surface area contributed by atoms with Crippen molar-refractivity contribution in [3.63, 3.8) is 0 Å². The second kappa shape index (κ2) is 5.19. The number of carbonyl (C=O) groups excluding carboxylic acids is 1. The molecule has 2 aromatic rings. The molecule has 0 bridgehead atoms. The van der Waals surface area contributed by atoms with Gasteiger partial charge in [-0.1, -0.05) is 23.4 Å². The van der Waals surface area contributed by atoms with E-state index in [0.717, 1.165) is 5.69 Å². The van der Waals surface area contributed by atoms with Crippen molar-refractivity contribution in [3.8, 4) is 5.69 Å². The molecule has 19 heavy (non-hydrogen) atoms. The standard InChI is InChI=1S/C13H17N5O/c1-13(2,9-14)15-12(19)11-8-18(17-16-11)10-6-4-3-5-7-10/h3-8H,9,14H2,1-2H3,(H,15,19). The molecule has 3 N–H and O–H groups in total. The zero-order chi connectivity index (χ0) is 13.9. The van der Waals surface area contributed by atoms with E-state index in [9.17, 15) is 4.79 Å². The molecule has 0 atom stereocenters. The van der Waals surface area contributed by atoms with Crippen molar-refractivity contribution >= 4 is 5.91 Å². The van der Waals surface area contributed by atoms with Crippen molar-refractivity contribution in [2.24, 2.45) is 5.73 Å². The molecule has 2 rings (SSSR count). The van der Waals surface area contributed by atoms with Crippen LogP contribution in [0.3, 0.4) is 0 Å². The lowest BCUT2D eigenvalue weighted by Crippen LogP contribution is -2.48. The molecule has 1 amide bonds. The van der Waals surface area contributed by atoms with Crippen molar-refractivity contribution in [3.05, 3.63) is 42.2 Å². The van der Waals surface area contributed by atoms with Gasteiger partial charge in [-0.25, -0.2) is 4.68 Å². The Hall–Kier alpha value is -2.21. The molecule has 0 saturated carbocycles. The Morgan fingerprint density at radius 3 is 2.68 bits per heavy atom. The average molecular weight is 259 g/mol. The zero-order valence-electron chi connectivity index (χ0n) is 11.0. The number of para-hydroxylation sites is 1. The maximum Gasteiger partial charge on any atom is 0.273 e. The van der Waals surface area contributed by atoms with Crippen molar-refractivity contribution < 1.29 is 4.79 Å². The van der Waals surface area contributed by atoms with Crippen molar-refractivity contribution in [2.75, 3.05) is 6.54 Å². The number of rotatable bonds is 4. The van der Waals surface area contributed by atoms with Gasteiger partial charge in [0, 0.05) is 12.1 Å². The highest BCUT2D eigenvalue weighted by Gasteiger charge is 2.21. The minimum Gasteiger partial charge on any atom is -0.344 e. The van der Waals surface area contributed by atoms with Gasteiger partial charge >= 0.3 is 0 Å². The van der Waals surface area contributed by atoms with Gasteiger partial charge in [-0.2, -0.15) is 0 Å². The number of aromatic nitrogens is 3. The molecule has 1 aromatic heterocycles. The van der Waals surface area contributed by atoms with E-state index in [0.29, 0.717) is 6.54 Å². The van der Waals surface area contributed by atoms with E-state index in [4.69, 9.17) is 5.73 Å². The van der Waals surface area contributed by atoms with Crippen LogP contribution in [0.15, 0.2) is 36.5 Å². The summed E-state index contributed by atoms with van der Waals surface area (Å²) in [6, 6.07) is 9.49. The topological polar surface area (TPSA) is 85.8 Å². The number of carbonyl (C=O) groups is 1. The number of amides is 1. The molecule has 1 aromatic carbocycles. The largest absolute Gasteiger partial charge is 0.344 e. The Bertz CT molecular complexity index is 561. The summed E-state index contributed by atoms with van der Waals surface area (Å²) in [6.07, 6.45) is 1.59. The van der Waals surface area contributed by atoms with Gasteiger partial charge in [0.1, 0.15) is 0 Å². The van der Waals surface area contributed by atoms with Crippen LogP contribution in [0.1, 0.15) is 24.3 Å². The molecule has 0 spiro atoms. The lowest BCUT2D eigenvalue weighted by Gasteiger charge is -2.23. The van der Waals surface area contributed by atoms with Gasteiger partial charge in [-0.05, 0) is 26.0 Å². The molecule has 0 unspecified atom stereocenters. The van der Waals surface area contributed by atoms with Crippen LogP contribution in [-0.4, -0.2) is 33.0 Å². The molecule has 100 valence electrons. The van der Waals surface area contributed by atoms with Crippen LogP contribution in [0.2, 0.25) is 0 Å². The van der Waals surface area contributed by atoms with E-state index in [1.165, 1.54) is 0 Å². The fourth-order valence-electron chi connectivity index (χ4n) is 1.50. The van der Waals surface area contributed by atoms with Crippen LogP contribution in [-0.2, 0) is 0 Å². The van der Waals surface area contributed by atoms with E-state index >= 15 is 0 Å². The number of hydrogen-bond acceptors (Lipinski definition) is 4. The lowest BCUT2D eigenvalue weighted by atomic mass is 10.1. The molecular formula is C13H17N5O. The molecule has 6 nitrogen and oxygen atoms in total. The number of benzene rings is 1. The summed E-state index contributed by atoms with van der Waals surface area (Å²) in [7, 11) is 0. The monoisotopic (exact) mass is 259 g/mol. The number of nitrogens with two attached hydrogens (primary N) is 1. The van der Waals surface area contributed by atoms with Gasteiger partial charge in [0.15, 0.2) is 5.69 Å². The average Bonchev–Trinajstić information content (AvgIpc) is 2.89. The summed E-state index contributed by atoms with van der Waals surface area (Å²) in [5.41, 5.74) is 6.23. The van der Waals surface area contributed by atoms with Gasteiger partial charge < -0.3 is 11.1 Å². The number of hydrogen-bond donors (Lipinski definition) is 2. The van der Waals surface area contributed by atoms with Crippen LogP contribution in [0, 0.1) is 0 Å². The highest BCUT2D eigenvalue weighted by molar-refractivity contribution is 5.92. The minimum absolute atomic E-state index is 0.269. The second-order valence-electron chi connectivity index (χ2n) is 4.93. The van der Waals surface area contributed by atoms with Gasteiger partial charge in [-0.3, -0.25) is 4.79 Å². The fourth-order valence-corrected chi connectivity index (χ4v) is 1.50. The molecule has 0 aliphatic rings. The summed E-state index contributed by atoms with van der Waals surface area (Å²) >= 11 is 0. The predicted molar refractivity (Wildman–Crippen MR) is 72.0 cm³/mol. The Balaban J connectivity index is 2.16. The third-order valence-corrected chi connectivity index (χ3v) is 2.71. The summed E-state index contributed by atoms with van der Waals surface area (Å²) in [5.74, 6) is -0.280. The van der Waals surface area contributed by atoms with Crippen molar-refractivity contribution in [2.45, 2.75) is 19.4 Å². The Morgan fingerprint density at radius 1 is 1.37 bits per heavy atom. The third-order valence-electron chi connectivity index (χ3n) is 2.71. The molecule has 0 aliphatic heterocycles. The van der Waals surface area contributed by atoms with Gasteiger partial charge in [0.05, 0.1) is 11.9 Å². The fraction of sp³-hybridized carbons (Fsp3) is 0.308. The summed E-state index contributed by atoms with van der Waals surface area (Å²) in [4.78, 5) is 12.0. The summed E-state index contributed by atoms with van der Waals surface area (Å²) < 4.78 is 1.56. The number of nitrogens with one attached hydrogen (secondary N) is 1. The first-order valence-electron chi connectivity index (χ1n) is 6.02. The van der Waals surface area contributed by atoms with Crippen molar-refractivity contribution in [1.82, 2.24) is 20.3 Å². The normalized spacial score (nSPS) is 11.3. The maximum atomic E-state index is 12.0.